The Kier molecular flexibility index (Phi) is 3.93. The van der Waals surface area contributed by atoms with Crippen molar-refractivity contribution < 1.29 is 20.7 Å². The lowest BCUT2D eigenvalue weighted by molar-refractivity contribution is 0.512. The molecule has 1 heterocycles. The van der Waals surface area contributed by atoms with Crippen LogP contribution in [0.3, 0.4) is 0 Å². The lowest BCUT2D eigenvalue weighted by Gasteiger charge is -2.22. The van der Waals surface area contributed by atoms with Crippen LogP contribution >= 0.6 is 0 Å². The van der Waals surface area contributed by atoms with E-state index in [1.807, 2.05) is 0 Å². The molecule has 10 heteroatoms. The van der Waals surface area contributed by atoms with Crippen molar-refractivity contribution in [1.29, 1.82) is 0 Å². The SMILES string of the molecule is O=S(=O)(F)N1C(c2ccccc2)=NC(c2ccccc2)=NS1(=O)=O. The maximum Gasteiger partial charge on any atom is 0.415 e. The zero-order valence-corrected chi connectivity index (χ0v) is 13.6. The first-order valence-corrected chi connectivity index (χ1v) is 9.32. The van der Waals surface area contributed by atoms with Crippen molar-refractivity contribution in [2.45, 2.75) is 0 Å². The fourth-order valence-corrected chi connectivity index (χ4v) is 4.25. The highest BCUT2D eigenvalue weighted by Gasteiger charge is 2.41. The maximum atomic E-state index is 13.6. The van der Waals surface area contributed by atoms with Crippen molar-refractivity contribution in [3.8, 4) is 0 Å². The van der Waals surface area contributed by atoms with Crippen LogP contribution in [0, 0.1) is 0 Å². The van der Waals surface area contributed by atoms with Gasteiger partial charge in [-0.2, -0.15) is 16.8 Å². The molecular weight excluding hydrogens is 357 g/mol. The molecule has 0 N–H and O–H groups in total. The number of aliphatic imine (C=N–C) groups is 1. The third-order valence-corrected chi connectivity index (χ3v) is 5.72. The van der Waals surface area contributed by atoms with Gasteiger partial charge in [0.25, 0.3) is 0 Å². The number of hydrogen-bond acceptors (Lipinski definition) is 5. The number of rotatable bonds is 3. The third kappa shape index (κ3) is 3.05. The Morgan fingerprint density at radius 2 is 1.38 bits per heavy atom. The van der Waals surface area contributed by atoms with Crippen LogP contribution in [-0.4, -0.2) is 32.2 Å². The molecule has 0 fully saturated rings. The van der Waals surface area contributed by atoms with Gasteiger partial charge in [0.1, 0.15) is 0 Å². The zero-order chi connectivity index (χ0) is 17.4. The highest BCUT2D eigenvalue weighted by Crippen LogP contribution is 2.23. The van der Waals surface area contributed by atoms with E-state index in [0.717, 1.165) is 0 Å². The second-order valence-corrected chi connectivity index (χ2v) is 7.56. The minimum Gasteiger partial charge on any atom is -0.207 e. The van der Waals surface area contributed by atoms with Gasteiger partial charge >= 0.3 is 20.6 Å². The van der Waals surface area contributed by atoms with E-state index < -0.39 is 30.2 Å². The molecule has 0 bridgehead atoms. The van der Waals surface area contributed by atoms with Crippen LogP contribution < -0.4 is 0 Å². The third-order valence-electron chi connectivity index (χ3n) is 3.06. The summed E-state index contributed by atoms with van der Waals surface area (Å²) in [6, 6.07) is 15.7. The van der Waals surface area contributed by atoms with Gasteiger partial charge in [0.05, 0.1) is 0 Å². The molecule has 0 spiro atoms. The van der Waals surface area contributed by atoms with Gasteiger partial charge in [0.2, 0.25) is 0 Å². The van der Waals surface area contributed by atoms with Gasteiger partial charge in [-0.05, 0) is 0 Å². The van der Waals surface area contributed by atoms with Crippen molar-refractivity contribution in [1.82, 2.24) is 3.71 Å². The van der Waals surface area contributed by atoms with Gasteiger partial charge in [0.15, 0.2) is 11.7 Å². The summed E-state index contributed by atoms with van der Waals surface area (Å²) in [4.78, 5) is 3.96. The molecule has 2 aromatic carbocycles. The summed E-state index contributed by atoms with van der Waals surface area (Å²) in [6.07, 6.45) is 0. The normalized spacial score (nSPS) is 17.1. The monoisotopic (exact) mass is 367 g/mol. The molecule has 0 aromatic heterocycles. The largest absolute Gasteiger partial charge is 0.415 e. The van der Waals surface area contributed by atoms with Crippen LogP contribution in [0.4, 0.5) is 3.89 Å². The lowest BCUT2D eigenvalue weighted by atomic mass is 10.2. The summed E-state index contributed by atoms with van der Waals surface area (Å²) < 4.78 is 63.7. The van der Waals surface area contributed by atoms with E-state index in [0.29, 0.717) is 5.56 Å². The summed E-state index contributed by atoms with van der Waals surface area (Å²) in [5.41, 5.74) is 0.469. The van der Waals surface area contributed by atoms with Crippen LogP contribution in [0.1, 0.15) is 11.1 Å². The fraction of sp³-hybridized carbons (Fsp3) is 0. The molecule has 0 saturated carbocycles. The summed E-state index contributed by atoms with van der Waals surface area (Å²) in [5, 5.41) is 0. The standard InChI is InChI=1S/C14H10FN3O4S2/c15-23(19,20)18-14(12-9-5-2-6-10-12)16-13(17-24(18,21)22)11-7-3-1-4-8-11/h1-10H. The van der Waals surface area contributed by atoms with Crippen LogP contribution in [0.2, 0.25) is 0 Å². The molecule has 2 aromatic rings. The molecule has 0 radical (unpaired) electrons. The molecule has 0 atom stereocenters. The quantitative estimate of drug-likeness (QED) is 0.771. The van der Waals surface area contributed by atoms with Gasteiger partial charge in [-0.3, -0.25) is 0 Å². The Balaban J connectivity index is 2.27. The summed E-state index contributed by atoms with van der Waals surface area (Å²) in [7, 11) is -10.5. The number of hydrogen-bond donors (Lipinski definition) is 0. The van der Waals surface area contributed by atoms with Crippen LogP contribution in [-0.2, 0) is 20.6 Å². The van der Waals surface area contributed by atoms with Crippen molar-refractivity contribution in [3.05, 3.63) is 71.8 Å². The van der Waals surface area contributed by atoms with Crippen molar-refractivity contribution in [3.63, 3.8) is 0 Å². The minimum absolute atomic E-state index is 0.116. The van der Waals surface area contributed by atoms with E-state index in [1.54, 1.807) is 48.5 Å². The molecule has 1 aliphatic heterocycles. The Morgan fingerprint density at radius 3 is 1.88 bits per heavy atom. The number of nitrogens with zero attached hydrogens (tertiary/aromatic N) is 3. The average molecular weight is 367 g/mol. The Labute approximate surface area is 138 Å². The van der Waals surface area contributed by atoms with Crippen LogP contribution in [0.25, 0.3) is 0 Å². The van der Waals surface area contributed by atoms with Gasteiger partial charge in [-0.1, -0.05) is 68.3 Å². The van der Waals surface area contributed by atoms with Crippen LogP contribution in [0.15, 0.2) is 70.1 Å². The lowest BCUT2D eigenvalue weighted by Crippen LogP contribution is -2.42. The molecule has 0 aliphatic carbocycles. The molecule has 3 rings (SSSR count). The smallest absolute Gasteiger partial charge is 0.207 e. The zero-order valence-electron chi connectivity index (χ0n) is 11.9. The fourth-order valence-electron chi connectivity index (χ4n) is 2.09. The molecule has 24 heavy (non-hydrogen) atoms. The molecule has 124 valence electrons. The summed E-state index contributed by atoms with van der Waals surface area (Å²) in [6.45, 7) is 0. The highest BCUT2D eigenvalue weighted by atomic mass is 32.3. The van der Waals surface area contributed by atoms with E-state index >= 15 is 0 Å². The second kappa shape index (κ2) is 5.80. The maximum absolute atomic E-state index is 13.6. The predicted octanol–water partition coefficient (Wildman–Crippen LogP) is 1.65. The average Bonchev–Trinajstić information content (AvgIpc) is 2.53. The van der Waals surface area contributed by atoms with Crippen molar-refractivity contribution in [2.24, 2.45) is 9.39 Å². The minimum atomic E-state index is -5.63. The van der Waals surface area contributed by atoms with E-state index in [2.05, 4.69) is 9.39 Å². The first-order valence-electron chi connectivity index (χ1n) is 6.58. The Bertz CT molecular complexity index is 1030. The van der Waals surface area contributed by atoms with Gasteiger partial charge in [-0.15, -0.1) is 4.40 Å². The molecule has 0 amide bonds. The van der Waals surface area contributed by atoms with Crippen molar-refractivity contribution in [2.75, 3.05) is 0 Å². The van der Waals surface area contributed by atoms with E-state index in [4.69, 9.17) is 0 Å². The van der Waals surface area contributed by atoms with E-state index in [9.17, 15) is 20.7 Å². The van der Waals surface area contributed by atoms with Gasteiger partial charge in [0, 0.05) is 11.1 Å². The molecule has 7 nitrogen and oxygen atoms in total. The van der Waals surface area contributed by atoms with Crippen LogP contribution in [0.5, 0.6) is 0 Å². The second-order valence-electron chi connectivity index (χ2n) is 4.70. The van der Waals surface area contributed by atoms with Crippen molar-refractivity contribution >= 4 is 32.3 Å². The number of halogens is 1. The summed E-state index contributed by atoms with van der Waals surface area (Å²) >= 11 is 0. The molecule has 0 unspecified atom stereocenters. The Hall–Kier alpha value is -2.59. The van der Waals surface area contributed by atoms with Gasteiger partial charge in [-0.25, -0.2) is 4.99 Å². The Morgan fingerprint density at radius 1 is 0.875 bits per heavy atom. The topological polar surface area (TPSA) is 96.2 Å². The highest BCUT2D eigenvalue weighted by molar-refractivity contribution is 8.02. The molecule has 1 aliphatic rings. The molecule has 0 saturated heterocycles. The van der Waals surface area contributed by atoms with E-state index in [1.165, 1.54) is 12.1 Å². The number of benzene rings is 2. The van der Waals surface area contributed by atoms with E-state index in [-0.39, 0.29) is 11.4 Å². The first kappa shape index (κ1) is 16.3. The first-order chi connectivity index (χ1) is 11.3. The van der Waals surface area contributed by atoms with Gasteiger partial charge < -0.3 is 0 Å². The molecular formula is C14H10FN3O4S2. The predicted molar refractivity (Wildman–Crippen MR) is 86.7 cm³/mol. The number of amidine groups is 2. The summed E-state index contributed by atoms with van der Waals surface area (Å²) in [5.74, 6) is -0.804.